The summed E-state index contributed by atoms with van der Waals surface area (Å²) >= 11 is 0. The quantitative estimate of drug-likeness (QED) is 0.0261. The zero-order chi connectivity index (χ0) is 45.9. The topological polar surface area (TPSA) is 149 Å². The van der Waals surface area contributed by atoms with Crippen LogP contribution in [0, 0.1) is 0 Å². The number of hydrogen-bond donors (Lipinski definition) is 6. The van der Waals surface area contributed by atoms with Crippen LogP contribution >= 0.6 is 0 Å². The molecule has 1 saturated heterocycles. The van der Waals surface area contributed by atoms with Crippen LogP contribution in [0.3, 0.4) is 0 Å². The van der Waals surface area contributed by atoms with Crippen molar-refractivity contribution in [3.05, 3.63) is 12.2 Å². The smallest absolute Gasteiger partial charge is 0.220 e. The number of nitrogens with one attached hydrogen (secondary N) is 1. The molecule has 0 bridgehead atoms. The normalized spacial score (nSPS) is 20.1. The minimum absolute atomic E-state index is 0.136. The Kier molecular flexibility index (Phi) is 42.6. The van der Waals surface area contributed by atoms with Crippen LogP contribution in [0.25, 0.3) is 0 Å². The van der Waals surface area contributed by atoms with Crippen molar-refractivity contribution in [2.75, 3.05) is 13.2 Å². The first-order valence-corrected chi connectivity index (χ1v) is 27.4. The molecular formula is C54H105NO8. The first kappa shape index (κ1) is 59.9. The van der Waals surface area contributed by atoms with Gasteiger partial charge in [-0.3, -0.25) is 4.79 Å². The van der Waals surface area contributed by atoms with E-state index in [1.165, 1.54) is 205 Å². The van der Waals surface area contributed by atoms with Crippen LogP contribution in [0.2, 0.25) is 0 Å². The summed E-state index contributed by atoms with van der Waals surface area (Å²) in [6.45, 7) is 3.87. The van der Waals surface area contributed by atoms with Gasteiger partial charge in [0.2, 0.25) is 5.91 Å². The third-order valence-corrected chi connectivity index (χ3v) is 13.4. The van der Waals surface area contributed by atoms with Crippen molar-refractivity contribution < 1.29 is 39.8 Å². The molecule has 1 rings (SSSR count). The van der Waals surface area contributed by atoms with Crippen LogP contribution in [0.4, 0.5) is 0 Å². The lowest BCUT2D eigenvalue weighted by Crippen LogP contribution is -2.60. The van der Waals surface area contributed by atoms with Crippen LogP contribution in [0.5, 0.6) is 0 Å². The van der Waals surface area contributed by atoms with Crippen molar-refractivity contribution in [1.29, 1.82) is 0 Å². The van der Waals surface area contributed by atoms with E-state index in [-0.39, 0.29) is 12.5 Å². The van der Waals surface area contributed by atoms with Gasteiger partial charge in [0.1, 0.15) is 24.4 Å². The van der Waals surface area contributed by atoms with E-state index >= 15 is 0 Å². The second-order valence-electron chi connectivity index (χ2n) is 19.4. The van der Waals surface area contributed by atoms with Gasteiger partial charge < -0.3 is 40.3 Å². The second kappa shape index (κ2) is 44.7. The lowest BCUT2D eigenvalue weighted by Gasteiger charge is -2.40. The van der Waals surface area contributed by atoms with Crippen molar-refractivity contribution in [2.45, 2.75) is 314 Å². The van der Waals surface area contributed by atoms with Crippen LogP contribution in [-0.4, -0.2) is 87.5 Å². The van der Waals surface area contributed by atoms with Gasteiger partial charge in [-0.1, -0.05) is 238 Å². The molecule has 7 unspecified atom stereocenters. The Hall–Kier alpha value is -1.07. The SMILES string of the molecule is CCCCCCCCCCCCC/C=C\CCCCCCCCCC(=O)NC(COC1OC(CO)C(O)C(O)C1O)C(O)CCCCCCCCCCCCCCCCCCCC. The molecule has 0 aromatic heterocycles. The number of unbranched alkanes of at least 4 members (excludes halogenated alkanes) is 35. The number of rotatable bonds is 47. The third-order valence-electron chi connectivity index (χ3n) is 13.4. The van der Waals surface area contributed by atoms with E-state index in [1.54, 1.807) is 0 Å². The summed E-state index contributed by atoms with van der Waals surface area (Å²) in [5.74, 6) is -0.144. The first-order valence-electron chi connectivity index (χ1n) is 27.4. The van der Waals surface area contributed by atoms with E-state index in [2.05, 4.69) is 31.3 Å². The lowest BCUT2D eigenvalue weighted by atomic mass is 9.99. The fourth-order valence-electron chi connectivity index (χ4n) is 8.98. The third kappa shape index (κ3) is 34.8. The highest BCUT2D eigenvalue weighted by atomic mass is 16.7. The number of carbonyl (C=O) groups excluding carboxylic acids is 1. The maximum atomic E-state index is 13.0. The van der Waals surface area contributed by atoms with Gasteiger partial charge in [0.15, 0.2) is 6.29 Å². The molecule has 0 aromatic carbocycles. The summed E-state index contributed by atoms with van der Waals surface area (Å²) in [7, 11) is 0. The molecular weight excluding hydrogens is 791 g/mol. The van der Waals surface area contributed by atoms with Crippen LogP contribution in [-0.2, 0) is 14.3 Å². The van der Waals surface area contributed by atoms with Gasteiger partial charge >= 0.3 is 0 Å². The zero-order valence-electron chi connectivity index (χ0n) is 41.4. The van der Waals surface area contributed by atoms with Crippen molar-refractivity contribution in [2.24, 2.45) is 0 Å². The highest BCUT2D eigenvalue weighted by Crippen LogP contribution is 2.23. The average molecular weight is 896 g/mol. The van der Waals surface area contributed by atoms with Crippen LogP contribution in [0.1, 0.15) is 271 Å². The molecule has 0 aromatic rings. The number of amides is 1. The van der Waals surface area contributed by atoms with Crippen molar-refractivity contribution in [3.63, 3.8) is 0 Å². The molecule has 9 nitrogen and oxygen atoms in total. The number of aliphatic hydroxyl groups is 5. The molecule has 1 heterocycles. The van der Waals surface area contributed by atoms with E-state index in [9.17, 15) is 30.3 Å². The Morgan fingerprint density at radius 3 is 1.29 bits per heavy atom. The highest BCUT2D eigenvalue weighted by Gasteiger charge is 2.44. The van der Waals surface area contributed by atoms with E-state index in [0.717, 1.165) is 38.5 Å². The van der Waals surface area contributed by atoms with Crippen LogP contribution < -0.4 is 5.32 Å². The Morgan fingerprint density at radius 1 is 0.524 bits per heavy atom. The number of allylic oxidation sites excluding steroid dienone is 2. The first-order chi connectivity index (χ1) is 30.8. The Morgan fingerprint density at radius 2 is 0.889 bits per heavy atom. The lowest BCUT2D eigenvalue weighted by molar-refractivity contribution is -0.302. The predicted molar refractivity (Wildman–Crippen MR) is 263 cm³/mol. The van der Waals surface area contributed by atoms with Gasteiger partial charge in [-0.05, 0) is 38.5 Å². The molecule has 6 N–H and O–H groups in total. The molecule has 1 aliphatic heterocycles. The maximum Gasteiger partial charge on any atom is 0.220 e. The fourth-order valence-corrected chi connectivity index (χ4v) is 8.98. The fraction of sp³-hybridized carbons (Fsp3) is 0.944. The monoisotopic (exact) mass is 896 g/mol. The maximum absolute atomic E-state index is 13.0. The number of aliphatic hydroxyl groups excluding tert-OH is 5. The number of ether oxygens (including phenoxy) is 2. The molecule has 9 heteroatoms. The molecule has 7 atom stereocenters. The summed E-state index contributed by atoms with van der Waals surface area (Å²) in [6, 6.07) is -0.718. The molecule has 1 fully saturated rings. The molecule has 0 saturated carbocycles. The summed E-state index contributed by atoms with van der Waals surface area (Å²) in [5.41, 5.74) is 0. The number of hydrogen-bond acceptors (Lipinski definition) is 8. The molecule has 63 heavy (non-hydrogen) atoms. The molecule has 0 radical (unpaired) electrons. The van der Waals surface area contributed by atoms with E-state index in [4.69, 9.17) is 9.47 Å². The van der Waals surface area contributed by atoms with Crippen molar-refractivity contribution in [3.8, 4) is 0 Å². The summed E-state index contributed by atoms with van der Waals surface area (Å²) in [4.78, 5) is 13.0. The minimum atomic E-state index is -1.55. The Balaban J connectivity index is 2.23. The molecule has 1 aliphatic rings. The van der Waals surface area contributed by atoms with Gasteiger partial charge in [0.25, 0.3) is 0 Å². The Bertz CT molecular complexity index is 997. The average Bonchev–Trinajstić information content (AvgIpc) is 3.28. The predicted octanol–water partition coefficient (Wildman–Crippen LogP) is 12.8. The molecule has 374 valence electrons. The summed E-state index contributed by atoms with van der Waals surface area (Å²) in [5, 5.41) is 54.6. The van der Waals surface area contributed by atoms with Crippen molar-refractivity contribution in [1.82, 2.24) is 5.32 Å². The van der Waals surface area contributed by atoms with E-state index in [1.807, 2.05) is 0 Å². The summed E-state index contributed by atoms with van der Waals surface area (Å²) in [6.07, 6.45) is 46.6. The zero-order valence-corrected chi connectivity index (χ0v) is 41.4. The highest BCUT2D eigenvalue weighted by molar-refractivity contribution is 5.76. The largest absolute Gasteiger partial charge is 0.394 e. The van der Waals surface area contributed by atoms with E-state index < -0.39 is 49.5 Å². The molecule has 0 aliphatic carbocycles. The van der Waals surface area contributed by atoms with Crippen LogP contribution in [0.15, 0.2) is 12.2 Å². The number of carbonyl (C=O) groups is 1. The minimum Gasteiger partial charge on any atom is -0.394 e. The summed E-state index contributed by atoms with van der Waals surface area (Å²) < 4.78 is 11.3. The van der Waals surface area contributed by atoms with Gasteiger partial charge in [0, 0.05) is 6.42 Å². The van der Waals surface area contributed by atoms with E-state index in [0.29, 0.717) is 12.8 Å². The molecule has 0 spiro atoms. The van der Waals surface area contributed by atoms with Gasteiger partial charge in [0.05, 0.1) is 25.4 Å². The van der Waals surface area contributed by atoms with Gasteiger partial charge in [-0.2, -0.15) is 0 Å². The van der Waals surface area contributed by atoms with Gasteiger partial charge in [-0.25, -0.2) is 0 Å². The second-order valence-corrected chi connectivity index (χ2v) is 19.4. The Labute approximate surface area is 388 Å². The molecule has 1 amide bonds. The van der Waals surface area contributed by atoms with Gasteiger partial charge in [-0.15, -0.1) is 0 Å². The van der Waals surface area contributed by atoms with Crippen molar-refractivity contribution >= 4 is 5.91 Å². The standard InChI is InChI=1S/C54H105NO8/c1-3-5-7-9-11-13-15-17-19-21-23-24-25-26-28-30-32-34-36-38-40-42-44-50(58)55-47(46-62-54-53(61)52(60)51(59)49(45-56)63-54)48(57)43-41-39-37-35-33-31-29-27-22-20-18-16-14-12-10-8-6-4-2/h25-26,47-49,51-54,56-57,59-61H,3-24,27-46H2,1-2H3,(H,55,58)/b26-25-.